The summed E-state index contributed by atoms with van der Waals surface area (Å²) in [6.45, 7) is 10.6. The number of carbonyl (C=O) groups is 1. The standard InChI is InChI=1S/C22H37N3O2/c1-3-20-8-9-21(27-20)17-24-14-11-18(12-15-24)7-10-22(26)23-16-19-6-5-13-25(19)4-2/h8-9,18-19H,3-7,10-17H2,1-2H3,(H,23,26)/t19-/m1/s1. The highest BCUT2D eigenvalue weighted by Crippen LogP contribution is 2.23. The second-order valence-electron chi connectivity index (χ2n) is 8.21. The van der Waals surface area contributed by atoms with Gasteiger partial charge < -0.3 is 9.73 Å². The molecule has 0 aliphatic carbocycles. The highest BCUT2D eigenvalue weighted by molar-refractivity contribution is 5.75. The average molecular weight is 376 g/mol. The van der Waals surface area contributed by atoms with E-state index in [9.17, 15) is 4.79 Å². The molecule has 152 valence electrons. The molecular formula is C22H37N3O2. The molecule has 1 aromatic heterocycles. The number of hydrogen-bond acceptors (Lipinski definition) is 4. The molecule has 2 aliphatic rings. The average Bonchev–Trinajstić information content (AvgIpc) is 3.34. The number of nitrogens with zero attached hydrogens (tertiary/aromatic N) is 2. The van der Waals surface area contributed by atoms with E-state index < -0.39 is 0 Å². The quantitative estimate of drug-likeness (QED) is 0.718. The summed E-state index contributed by atoms with van der Waals surface area (Å²) in [5.41, 5.74) is 0. The zero-order chi connectivity index (χ0) is 19.1. The van der Waals surface area contributed by atoms with E-state index in [4.69, 9.17) is 4.42 Å². The van der Waals surface area contributed by atoms with E-state index >= 15 is 0 Å². The molecule has 1 aromatic rings. The monoisotopic (exact) mass is 375 g/mol. The number of aryl methyl sites for hydroxylation is 1. The van der Waals surface area contributed by atoms with Crippen LogP contribution in [-0.2, 0) is 17.8 Å². The molecule has 0 radical (unpaired) electrons. The summed E-state index contributed by atoms with van der Waals surface area (Å²) >= 11 is 0. The van der Waals surface area contributed by atoms with E-state index in [-0.39, 0.29) is 5.91 Å². The smallest absolute Gasteiger partial charge is 0.220 e. The molecule has 5 nitrogen and oxygen atoms in total. The number of hydrogen-bond donors (Lipinski definition) is 1. The molecule has 0 spiro atoms. The van der Waals surface area contributed by atoms with Crippen LogP contribution in [0.1, 0.15) is 63.9 Å². The predicted octanol–water partition coefficient (Wildman–Crippen LogP) is 3.43. The van der Waals surface area contributed by atoms with E-state index in [1.807, 2.05) is 0 Å². The molecule has 3 rings (SSSR count). The molecule has 0 unspecified atom stereocenters. The molecule has 0 saturated carbocycles. The molecule has 0 bridgehead atoms. The topological polar surface area (TPSA) is 48.7 Å². The number of furan rings is 1. The van der Waals surface area contributed by atoms with Crippen LogP contribution in [0.25, 0.3) is 0 Å². The maximum absolute atomic E-state index is 12.2. The zero-order valence-corrected chi connectivity index (χ0v) is 17.2. The summed E-state index contributed by atoms with van der Waals surface area (Å²) in [5, 5.41) is 3.17. The lowest BCUT2D eigenvalue weighted by Gasteiger charge is -2.31. The number of likely N-dealkylation sites (N-methyl/N-ethyl adjacent to an activating group) is 1. The van der Waals surface area contributed by atoms with Gasteiger partial charge in [-0.15, -0.1) is 0 Å². The number of piperidine rings is 1. The van der Waals surface area contributed by atoms with Crippen LogP contribution < -0.4 is 5.32 Å². The highest BCUT2D eigenvalue weighted by Gasteiger charge is 2.24. The fraction of sp³-hybridized carbons (Fsp3) is 0.773. The third-order valence-electron chi connectivity index (χ3n) is 6.37. The normalized spacial score (nSPS) is 22.4. The number of amides is 1. The zero-order valence-electron chi connectivity index (χ0n) is 17.2. The van der Waals surface area contributed by atoms with Gasteiger partial charge in [-0.3, -0.25) is 14.6 Å². The van der Waals surface area contributed by atoms with Crippen molar-refractivity contribution in [3.05, 3.63) is 23.7 Å². The Labute approximate surface area is 164 Å². The first-order valence-electron chi connectivity index (χ1n) is 11.0. The van der Waals surface area contributed by atoms with E-state index in [2.05, 4.69) is 41.1 Å². The number of rotatable bonds is 9. The van der Waals surface area contributed by atoms with Gasteiger partial charge in [0.1, 0.15) is 11.5 Å². The number of carbonyl (C=O) groups excluding carboxylic acids is 1. The van der Waals surface area contributed by atoms with Crippen molar-refractivity contribution in [3.63, 3.8) is 0 Å². The molecule has 27 heavy (non-hydrogen) atoms. The number of likely N-dealkylation sites (tertiary alicyclic amines) is 2. The van der Waals surface area contributed by atoms with Gasteiger partial charge in [0, 0.05) is 25.4 Å². The van der Waals surface area contributed by atoms with E-state index in [1.165, 1.54) is 32.2 Å². The first kappa shape index (κ1) is 20.4. The third kappa shape index (κ3) is 6.08. The van der Waals surface area contributed by atoms with Crippen molar-refractivity contribution >= 4 is 5.91 Å². The Morgan fingerprint density at radius 3 is 2.63 bits per heavy atom. The SMILES string of the molecule is CCc1ccc(CN2CCC(CCC(=O)NC[C@H]3CCCN3CC)CC2)o1. The summed E-state index contributed by atoms with van der Waals surface area (Å²) in [4.78, 5) is 17.2. The third-order valence-corrected chi connectivity index (χ3v) is 6.37. The lowest BCUT2D eigenvalue weighted by atomic mass is 9.92. The molecule has 2 aliphatic heterocycles. The van der Waals surface area contributed by atoms with Gasteiger partial charge in [-0.05, 0) is 76.3 Å². The van der Waals surface area contributed by atoms with Gasteiger partial charge in [-0.1, -0.05) is 13.8 Å². The van der Waals surface area contributed by atoms with Gasteiger partial charge in [0.25, 0.3) is 0 Å². The van der Waals surface area contributed by atoms with Gasteiger partial charge in [-0.2, -0.15) is 0 Å². The van der Waals surface area contributed by atoms with Crippen LogP contribution >= 0.6 is 0 Å². The van der Waals surface area contributed by atoms with Crippen molar-refractivity contribution in [2.75, 3.05) is 32.7 Å². The molecule has 2 saturated heterocycles. The lowest BCUT2D eigenvalue weighted by Crippen LogP contribution is -2.40. The van der Waals surface area contributed by atoms with Crippen molar-refractivity contribution in [2.45, 2.75) is 71.4 Å². The van der Waals surface area contributed by atoms with Crippen LogP contribution in [-0.4, -0.2) is 54.5 Å². The summed E-state index contributed by atoms with van der Waals surface area (Å²) in [7, 11) is 0. The molecule has 2 fully saturated rings. The van der Waals surface area contributed by atoms with Crippen molar-refractivity contribution in [1.29, 1.82) is 0 Å². The van der Waals surface area contributed by atoms with Gasteiger partial charge in [0.05, 0.1) is 6.54 Å². The second kappa shape index (κ2) is 10.3. The molecule has 3 heterocycles. The molecule has 5 heteroatoms. The van der Waals surface area contributed by atoms with Gasteiger partial charge in [-0.25, -0.2) is 0 Å². The molecule has 1 atom stereocenters. The van der Waals surface area contributed by atoms with Crippen LogP contribution in [0.2, 0.25) is 0 Å². The van der Waals surface area contributed by atoms with E-state index in [1.54, 1.807) is 0 Å². The van der Waals surface area contributed by atoms with E-state index in [0.29, 0.717) is 18.4 Å². The Bertz CT molecular complexity index is 578. The summed E-state index contributed by atoms with van der Waals surface area (Å²) < 4.78 is 5.83. The Hall–Kier alpha value is -1.33. The van der Waals surface area contributed by atoms with Crippen molar-refractivity contribution in [2.24, 2.45) is 5.92 Å². The summed E-state index contributed by atoms with van der Waals surface area (Å²) in [6, 6.07) is 4.75. The first-order chi connectivity index (χ1) is 13.2. The fourth-order valence-electron chi connectivity index (χ4n) is 4.55. The second-order valence-corrected chi connectivity index (χ2v) is 8.21. The maximum Gasteiger partial charge on any atom is 0.220 e. The minimum Gasteiger partial charge on any atom is -0.465 e. The lowest BCUT2D eigenvalue weighted by molar-refractivity contribution is -0.121. The number of nitrogens with one attached hydrogen (secondary N) is 1. The Kier molecular flexibility index (Phi) is 7.77. The minimum absolute atomic E-state index is 0.239. The van der Waals surface area contributed by atoms with Crippen LogP contribution in [0.4, 0.5) is 0 Å². The van der Waals surface area contributed by atoms with Crippen molar-refractivity contribution < 1.29 is 9.21 Å². The Morgan fingerprint density at radius 1 is 1.15 bits per heavy atom. The molecule has 1 N–H and O–H groups in total. The Balaban J connectivity index is 1.29. The fourth-order valence-corrected chi connectivity index (χ4v) is 4.55. The predicted molar refractivity (Wildman–Crippen MR) is 109 cm³/mol. The van der Waals surface area contributed by atoms with Crippen LogP contribution in [0.3, 0.4) is 0 Å². The first-order valence-corrected chi connectivity index (χ1v) is 11.0. The van der Waals surface area contributed by atoms with Crippen LogP contribution in [0.15, 0.2) is 16.5 Å². The van der Waals surface area contributed by atoms with Crippen LogP contribution in [0, 0.1) is 5.92 Å². The molecule has 1 amide bonds. The van der Waals surface area contributed by atoms with Crippen molar-refractivity contribution in [3.8, 4) is 0 Å². The summed E-state index contributed by atoms with van der Waals surface area (Å²) in [6.07, 6.45) is 7.56. The Morgan fingerprint density at radius 2 is 1.93 bits per heavy atom. The minimum atomic E-state index is 0.239. The molecule has 0 aromatic carbocycles. The highest BCUT2D eigenvalue weighted by atomic mass is 16.3. The van der Waals surface area contributed by atoms with Gasteiger partial charge in [0.15, 0.2) is 0 Å². The van der Waals surface area contributed by atoms with Gasteiger partial charge >= 0.3 is 0 Å². The molecular weight excluding hydrogens is 338 g/mol. The van der Waals surface area contributed by atoms with Crippen LogP contribution in [0.5, 0.6) is 0 Å². The van der Waals surface area contributed by atoms with Crippen molar-refractivity contribution in [1.82, 2.24) is 15.1 Å². The van der Waals surface area contributed by atoms with E-state index in [0.717, 1.165) is 57.1 Å². The largest absolute Gasteiger partial charge is 0.465 e. The summed E-state index contributed by atoms with van der Waals surface area (Å²) in [5.74, 6) is 3.08. The van der Waals surface area contributed by atoms with Gasteiger partial charge in [0.2, 0.25) is 5.91 Å². The maximum atomic E-state index is 12.2.